The smallest absolute Gasteiger partial charge is 0.165 e. The highest BCUT2D eigenvalue weighted by atomic mass is 15.1. The summed E-state index contributed by atoms with van der Waals surface area (Å²) in [6, 6.07) is 24.4. The fraction of sp³-hybridized carbons (Fsp3) is 0.0645. The highest BCUT2D eigenvalue weighted by molar-refractivity contribution is 6.15. The molecule has 0 aliphatic heterocycles. The monoisotopic (exact) mass is 446 g/mol. The molecule has 0 fully saturated rings. The van der Waals surface area contributed by atoms with Crippen molar-refractivity contribution in [1.29, 1.82) is 0 Å². The molecule has 4 aromatic heterocycles. The quantitative estimate of drug-likeness (QED) is 0.243. The van der Waals surface area contributed by atoms with Crippen molar-refractivity contribution in [2.45, 2.75) is 12.8 Å². The third kappa shape index (κ3) is 2.15. The Morgan fingerprint density at radius 1 is 0.657 bits per heavy atom. The standard InChI is InChI=1S/C31H18N4/c1-2-5-20-17(4-1)13-25-21(20)8-7-18-12-19-14-26-24(15-23(19)29(18)25)22-9-11-32-16-28(22)35-30(26)34-27-6-3-10-33-31(27)35/h1-11,14-16H,12-13H2. The summed E-state index contributed by atoms with van der Waals surface area (Å²) in [6.45, 7) is 0. The molecule has 0 amide bonds. The second kappa shape index (κ2) is 6.10. The molecule has 4 nitrogen and oxygen atoms in total. The first kappa shape index (κ1) is 17.8. The van der Waals surface area contributed by atoms with E-state index < -0.39 is 0 Å². The number of rotatable bonds is 0. The van der Waals surface area contributed by atoms with Crippen molar-refractivity contribution < 1.29 is 0 Å². The summed E-state index contributed by atoms with van der Waals surface area (Å²) in [5.41, 5.74) is 15.1. The van der Waals surface area contributed by atoms with Crippen LogP contribution in [-0.4, -0.2) is 19.4 Å². The van der Waals surface area contributed by atoms with Crippen LogP contribution in [0.4, 0.5) is 0 Å². The van der Waals surface area contributed by atoms with Crippen LogP contribution >= 0.6 is 0 Å². The van der Waals surface area contributed by atoms with E-state index in [-0.39, 0.29) is 0 Å². The van der Waals surface area contributed by atoms with Gasteiger partial charge in [0, 0.05) is 23.2 Å². The molecule has 2 aliphatic carbocycles. The predicted octanol–water partition coefficient (Wildman–Crippen LogP) is 6.73. The Hall–Kier alpha value is -4.57. The normalized spacial score (nSPS) is 13.5. The molecule has 0 spiro atoms. The lowest BCUT2D eigenvalue weighted by Crippen LogP contribution is -1.94. The third-order valence-electron chi connectivity index (χ3n) is 7.96. The van der Waals surface area contributed by atoms with Crippen molar-refractivity contribution in [2.24, 2.45) is 0 Å². The van der Waals surface area contributed by atoms with Gasteiger partial charge in [0.15, 0.2) is 5.65 Å². The van der Waals surface area contributed by atoms with Crippen LogP contribution in [0.3, 0.4) is 0 Å². The van der Waals surface area contributed by atoms with Crippen LogP contribution in [0.25, 0.3) is 60.7 Å². The number of pyridine rings is 3. The van der Waals surface area contributed by atoms with Crippen LogP contribution < -0.4 is 0 Å². The largest absolute Gasteiger partial charge is 0.274 e. The Morgan fingerprint density at radius 2 is 1.63 bits per heavy atom. The molecule has 0 radical (unpaired) electrons. The molecule has 3 aromatic carbocycles. The van der Waals surface area contributed by atoms with Gasteiger partial charge in [-0.25, -0.2) is 9.97 Å². The van der Waals surface area contributed by atoms with Gasteiger partial charge in [-0.05, 0) is 93.1 Å². The molecule has 0 saturated carbocycles. The van der Waals surface area contributed by atoms with Gasteiger partial charge in [0.05, 0.1) is 11.7 Å². The van der Waals surface area contributed by atoms with Gasteiger partial charge in [0.25, 0.3) is 0 Å². The van der Waals surface area contributed by atoms with Gasteiger partial charge in [0.1, 0.15) is 11.2 Å². The highest BCUT2D eigenvalue weighted by Gasteiger charge is 2.29. The summed E-state index contributed by atoms with van der Waals surface area (Å²) in [7, 11) is 0. The SMILES string of the molecule is c1ccc2c(c1)Cc1c-2ccc2c1-c1cc3c4ccncc4n4c5ncccc5nc4c3cc1C2. The van der Waals surface area contributed by atoms with E-state index in [0.29, 0.717) is 0 Å². The molecule has 7 aromatic rings. The number of aromatic nitrogens is 4. The minimum Gasteiger partial charge on any atom is -0.274 e. The molecule has 0 N–H and O–H groups in total. The van der Waals surface area contributed by atoms with Crippen LogP contribution in [-0.2, 0) is 12.8 Å². The minimum atomic E-state index is 0.877. The van der Waals surface area contributed by atoms with E-state index in [1.54, 1.807) is 0 Å². The fourth-order valence-corrected chi connectivity index (χ4v) is 6.49. The van der Waals surface area contributed by atoms with Crippen LogP contribution in [0, 0.1) is 0 Å². The maximum atomic E-state index is 5.03. The number of hydrogen-bond donors (Lipinski definition) is 0. The van der Waals surface area contributed by atoms with E-state index in [1.807, 2.05) is 30.7 Å². The van der Waals surface area contributed by atoms with Crippen molar-refractivity contribution >= 4 is 38.5 Å². The third-order valence-corrected chi connectivity index (χ3v) is 7.96. The topological polar surface area (TPSA) is 43.1 Å². The van der Waals surface area contributed by atoms with E-state index in [0.717, 1.165) is 35.2 Å². The maximum absolute atomic E-state index is 5.03. The van der Waals surface area contributed by atoms with Crippen molar-refractivity contribution in [2.75, 3.05) is 0 Å². The van der Waals surface area contributed by atoms with E-state index in [2.05, 4.69) is 69.0 Å². The van der Waals surface area contributed by atoms with Gasteiger partial charge in [-0.3, -0.25) is 9.38 Å². The minimum absolute atomic E-state index is 0.877. The van der Waals surface area contributed by atoms with Crippen molar-refractivity contribution in [3.63, 3.8) is 0 Å². The average molecular weight is 447 g/mol. The van der Waals surface area contributed by atoms with Crippen molar-refractivity contribution in [3.8, 4) is 22.3 Å². The number of hydrogen-bond acceptors (Lipinski definition) is 3. The average Bonchev–Trinajstić information content (AvgIpc) is 3.58. The molecule has 0 saturated heterocycles. The molecule has 0 atom stereocenters. The maximum Gasteiger partial charge on any atom is 0.165 e. The van der Waals surface area contributed by atoms with E-state index >= 15 is 0 Å². The first-order valence-electron chi connectivity index (χ1n) is 12.0. The van der Waals surface area contributed by atoms with E-state index in [4.69, 9.17) is 4.98 Å². The number of fused-ring (bicyclic) bond motifs is 15. The molecule has 0 unspecified atom stereocenters. The lowest BCUT2D eigenvalue weighted by Gasteiger charge is -2.12. The summed E-state index contributed by atoms with van der Waals surface area (Å²) in [5.74, 6) is 0. The molecule has 35 heavy (non-hydrogen) atoms. The van der Waals surface area contributed by atoms with Crippen LogP contribution in [0.5, 0.6) is 0 Å². The second-order valence-corrected chi connectivity index (χ2v) is 9.70. The second-order valence-electron chi connectivity index (χ2n) is 9.70. The zero-order valence-electron chi connectivity index (χ0n) is 18.8. The Kier molecular flexibility index (Phi) is 3.11. The summed E-state index contributed by atoms with van der Waals surface area (Å²) in [4.78, 5) is 14.1. The predicted molar refractivity (Wildman–Crippen MR) is 140 cm³/mol. The zero-order chi connectivity index (χ0) is 22.7. The zero-order valence-corrected chi connectivity index (χ0v) is 18.8. The van der Waals surface area contributed by atoms with Crippen LogP contribution in [0.2, 0.25) is 0 Å². The summed E-state index contributed by atoms with van der Waals surface area (Å²) >= 11 is 0. The lowest BCUT2D eigenvalue weighted by atomic mass is 9.93. The number of nitrogens with zero attached hydrogens (tertiary/aromatic N) is 4. The van der Waals surface area contributed by atoms with Gasteiger partial charge in [-0.1, -0.05) is 36.4 Å². The fourth-order valence-electron chi connectivity index (χ4n) is 6.49. The Balaban J connectivity index is 1.41. The number of imidazole rings is 1. The highest BCUT2D eigenvalue weighted by Crippen LogP contribution is 2.49. The van der Waals surface area contributed by atoms with Gasteiger partial charge in [-0.2, -0.15) is 0 Å². The summed E-state index contributed by atoms with van der Waals surface area (Å²) < 4.78 is 2.17. The van der Waals surface area contributed by atoms with Gasteiger partial charge in [0.2, 0.25) is 0 Å². The first-order chi connectivity index (χ1) is 17.3. The lowest BCUT2D eigenvalue weighted by molar-refractivity contribution is 1.22. The van der Waals surface area contributed by atoms with Gasteiger partial charge < -0.3 is 0 Å². The Labute approximate surface area is 200 Å². The van der Waals surface area contributed by atoms with Crippen LogP contribution in [0.15, 0.2) is 85.3 Å². The summed E-state index contributed by atoms with van der Waals surface area (Å²) in [6.07, 6.45) is 7.62. The molecular formula is C31H18N4. The van der Waals surface area contributed by atoms with Crippen molar-refractivity contribution in [1.82, 2.24) is 19.4 Å². The molecule has 2 aliphatic rings. The first-order valence-corrected chi connectivity index (χ1v) is 12.0. The van der Waals surface area contributed by atoms with E-state index in [9.17, 15) is 0 Å². The van der Waals surface area contributed by atoms with Gasteiger partial charge >= 0.3 is 0 Å². The van der Waals surface area contributed by atoms with Crippen molar-refractivity contribution in [3.05, 3.63) is 108 Å². The molecule has 162 valence electrons. The molecule has 9 rings (SSSR count). The molecule has 4 heterocycles. The Morgan fingerprint density at radius 3 is 2.63 bits per heavy atom. The molecule has 4 heteroatoms. The number of benzene rings is 3. The van der Waals surface area contributed by atoms with E-state index in [1.165, 1.54) is 60.7 Å². The summed E-state index contributed by atoms with van der Waals surface area (Å²) in [5, 5.41) is 3.58. The van der Waals surface area contributed by atoms with Gasteiger partial charge in [-0.15, -0.1) is 0 Å². The molecular weight excluding hydrogens is 428 g/mol. The van der Waals surface area contributed by atoms with Crippen LogP contribution in [0.1, 0.15) is 22.3 Å². The molecule has 0 bridgehead atoms. The Bertz CT molecular complexity index is 2070.